The SMILES string of the molecule is N[C@@H](CC(=O)N[C@@H](Cc1ccccc1)C(=O)O)C(=O)O.[H-].[K+]. The zero-order valence-corrected chi connectivity index (χ0v) is 14.8. The molecule has 21 heavy (non-hydrogen) atoms. The first-order valence-electron chi connectivity index (χ1n) is 5.94. The van der Waals surface area contributed by atoms with Crippen molar-refractivity contribution in [2.24, 2.45) is 5.73 Å². The summed E-state index contributed by atoms with van der Waals surface area (Å²) in [6, 6.07) is 6.33. The maximum absolute atomic E-state index is 11.5. The first kappa shape index (κ1) is 20.2. The number of hydrogen-bond acceptors (Lipinski definition) is 4. The van der Waals surface area contributed by atoms with E-state index in [4.69, 9.17) is 15.9 Å². The van der Waals surface area contributed by atoms with E-state index in [1.165, 1.54) is 0 Å². The summed E-state index contributed by atoms with van der Waals surface area (Å²) in [5, 5.41) is 19.9. The van der Waals surface area contributed by atoms with Gasteiger partial charge in [-0.1, -0.05) is 30.3 Å². The van der Waals surface area contributed by atoms with Gasteiger partial charge in [0.1, 0.15) is 12.1 Å². The molecule has 1 aromatic carbocycles. The predicted octanol–water partition coefficient (Wildman–Crippen LogP) is -3.28. The number of nitrogens with one attached hydrogen (secondary N) is 1. The molecule has 0 aliphatic heterocycles. The second kappa shape index (κ2) is 10.0. The molecule has 0 heterocycles. The van der Waals surface area contributed by atoms with E-state index in [1.54, 1.807) is 30.3 Å². The third-order valence-electron chi connectivity index (χ3n) is 2.64. The van der Waals surface area contributed by atoms with E-state index in [0.717, 1.165) is 5.56 Å². The van der Waals surface area contributed by atoms with E-state index in [1.807, 2.05) is 0 Å². The van der Waals surface area contributed by atoms with Crippen molar-refractivity contribution < 1.29 is 77.4 Å². The van der Waals surface area contributed by atoms with Crippen molar-refractivity contribution in [3.05, 3.63) is 35.9 Å². The Balaban J connectivity index is 0. The van der Waals surface area contributed by atoms with Gasteiger partial charge < -0.3 is 22.7 Å². The molecule has 0 saturated heterocycles. The van der Waals surface area contributed by atoms with Gasteiger partial charge in [-0.25, -0.2) is 4.79 Å². The Morgan fingerprint density at radius 2 is 1.71 bits per heavy atom. The molecule has 110 valence electrons. The fourth-order valence-corrected chi connectivity index (χ4v) is 1.59. The van der Waals surface area contributed by atoms with Crippen molar-refractivity contribution in [1.82, 2.24) is 5.32 Å². The summed E-state index contributed by atoms with van der Waals surface area (Å²) in [7, 11) is 0. The van der Waals surface area contributed by atoms with Gasteiger partial charge in [0, 0.05) is 6.42 Å². The van der Waals surface area contributed by atoms with Gasteiger partial charge in [0.25, 0.3) is 0 Å². The van der Waals surface area contributed by atoms with Crippen molar-refractivity contribution in [3.8, 4) is 0 Å². The number of nitrogens with two attached hydrogens (primary N) is 1. The van der Waals surface area contributed by atoms with Crippen LogP contribution in [0.1, 0.15) is 13.4 Å². The summed E-state index contributed by atoms with van der Waals surface area (Å²) >= 11 is 0. The monoisotopic (exact) mass is 320 g/mol. The van der Waals surface area contributed by atoms with Crippen LogP contribution in [0.2, 0.25) is 0 Å². The van der Waals surface area contributed by atoms with Crippen molar-refractivity contribution in [2.75, 3.05) is 0 Å². The molecule has 8 heteroatoms. The summed E-state index contributed by atoms with van der Waals surface area (Å²) in [6.07, 6.45) is -0.349. The molecule has 0 aliphatic rings. The van der Waals surface area contributed by atoms with E-state index in [2.05, 4.69) is 5.32 Å². The molecule has 1 rings (SSSR count). The minimum atomic E-state index is -1.35. The summed E-state index contributed by atoms with van der Waals surface area (Å²) in [6.45, 7) is 0. The van der Waals surface area contributed by atoms with Gasteiger partial charge in [-0.05, 0) is 5.56 Å². The third-order valence-corrected chi connectivity index (χ3v) is 2.64. The molecule has 1 amide bonds. The molecule has 0 radical (unpaired) electrons. The molecule has 7 nitrogen and oxygen atoms in total. The number of carboxylic acids is 2. The number of carboxylic acid groups (broad SMARTS) is 2. The van der Waals surface area contributed by atoms with Gasteiger partial charge in [-0.15, -0.1) is 0 Å². The summed E-state index contributed by atoms with van der Waals surface area (Å²) in [5.41, 5.74) is 5.97. The molecule has 0 spiro atoms. The van der Waals surface area contributed by atoms with Crippen LogP contribution in [0.3, 0.4) is 0 Å². The van der Waals surface area contributed by atoms with Crippen LogP contribution in [0.15, 0.2) is 30.3 Å². The van der Waals surface area contributed by atoms with E-state index < -0.39 is 36.4 Å². The standard InChI is InChI=1S/C13H16N2O5.K.H/c14-9(12(17)18)7-11(16)15-10(13(19)20)6-8-4-2-1-3-5-8;;/h1-5,9-10H,6-7,14H2,(H,15,16)(H,17,18)(H,19,20);;/q;+1;-1/t9-,10-;;/m0../s1. The van der Waals surface area contributed by atoms with Crippen molar-refractivity contribution in [2.45, 2.75) is 24.9 Å². The van der Waals surface area contributed by atoms with Crippen LogP contribution in [-0.2, 0) is 20.8 Å². The Hall–Kier alpha value is -0.774. The van der Waals surface area contributed by atoms with Gasteiger partial charge in [-0.3, -0.25) is 9.59 Å². The smallest absolute Gasteiger partial charge is 1.00 e. The van der Waals surface area contributed by atoms with Crippen LogP contribution in [0.5, 0.6) is 0 Å². The van der Waals surface area contributed by atoms with Crippen LogP contribution in [-0.4, -0.2) is 40.1 Å². The zero-order chi connectivity index (χ0) is 15.1. The molecule has 0 aliphatic carbocycles. The maximum Gasteiger partial charge on any atom is 1.00 e. The number of rotatable bonds is 7. The molecular formula is C13H17KN2O5. The fourth-order valence-electron chi connectivity index (χ4n) is 1.59. The maximum atomic E-state index is 11.5. The van der Waals surface area contributed by atoms with E-state index in [0.29, 0.717) is 0 Å². The normalized spacial score (nSPS) is 12.6. The summed E-state index contributed by atoms with van der Waals surface area (Å²) < 4.78 is 0. The van der Waals surface area contributed by atoms with Gasteiger partial charge in [0.05, 0.1) is 6.42 Å². The molecular weight excluding hydrogens is 303 g/mol. The van der Waals surface area contributed by atoms with Crippen LogP contribution in [0.25, 0.3) is 0 Å². The number of aliphatic carboxylic acids is 2. The van der Waals surface area contributed by atoms with Crippen LogP contribution in [0, 0.1) is 0 Å². The summed E-state index contributed by atoms with van der Waals surface area (Å²) in [5.74, 6) is -3.20. The average molecular weight is 320 g/mol. The van der Waals surface area contributed by atoms with E-state index in [9.17, 15) is 14.4 Å². The molecule has 2 atom stereocenters. The Labute approximate surface area is 165 Å². The van der Waals surface area contributed by atoms with Crippen molar-refractivity contribution in [1.29, 1.82) is 0 Å². The third kappa shape index (κ3) is 7.70. The minimum Gasteiger partial charge on any atom is -1.00 e. The van der Waals surface area contributed by atoms with Gasteiger partial charge >= 0.3 is 63.3 Å². The zero-order valence-electron chi connectivity index (χ0n) is 12.7. The second-order valence-corrected chi connectivity index (χ2v) is 4.30. The van der Waals surface area contributed by atoms with Crippen molar-refractivity contribution >= 4 is 17.8 Å². The van der Waals surface area contributed by atoms with Gasteiger partial charge in [-0.2, -0.15) is 0 Å². The Bertz CT molecular complexity index is 500. The molecule has 0 saturated carbocycles. The first-order chi connectivity index (χ1) is 9.40. The number of carbonyl (C=O) groups is 3. The van der Waals surface area contributed by atoms with Crippen LogP contribution < -0.4 is 62.4 Å². The van der Waals surface area contributed by atoms with E-state index in [-0.39, 0.29) is 59.2 Å². The Morgan fingerprint density at radius 3 is 2.19 bits per heavy atom. The molecule has 5 N–H and O–H groups in total. The first-order valence-corrected chi connectivity index (χ1v) is 5.94. The average Bonchev–Trinajstić information content (AvgIpc) is 2.38. The summed E-state index contributed by atoms with van der Waals surface area (Å²) in [4.78, 5) is 33.2. The van der Waals surface area contributed by atoms with Gasteiger partial charge in [0.2, 0.25) is 5.91 Å². The largest absolute Gasteiger partial charge is 1.00 e. The number of amides is 1. The van der Waals surface area contributed by atoms with Crippen LogP contribution in [0.4, 0.5) is 0 Å². The van der Waals surface area contributed by atoms with Gasteiger partial charge in [0.15, 0.2) is 0 Å². The Morgan fingerprint density at radius 1 is 1.14 bits per heavy atom. The Kier molecular flexibility index (Phi) is 9.67. The number of carbonyl (C=O) groups excluding carboxylic acids is 1. The topological polar surface area (TPSA) is 130 Å². The second-order valence-electron chi connectivity index (χ2n) is 4.30. The quantitative estimate of drug-likeness (QED) is 0.390. The molecule has 0 unspecified atom stereocenters. The number of benzene rings is 1. The van der Waals surface area contributed by atoms with E-state index >= 15 is 0 Å². The molecule has 0 bridgehead atoms. The van der Waals surface area contributed by atoms with Crippen LogP contribution >= 0.6 is 0 Å². The van der Waals surface area contributed by atoms with Crippen molar-refractivity contribution in [3.63, 3.8) is 0 Å². The molecule has 0 aromatic heterocycles. The minimum absolute atomic E-state index is 0. The number of hydrogen-bond donors (Lipinski definition) is 4. The molecule has 0 fully saturated rings. The predicted molar refractivity (Wildman–Crippen MR) is 71.1 cm³/mol. The fraction of sp³-hybridized carbons (Fsp3) is 0.308. The molecule has 1 aromatic rings.